The Balaban J connectivity index is 2.07. The number of benzene rings is 1. The van der Waals surface area contributed by atoms with E-state index < -0.39 is 17.7 Å². The molecule has 2 amide bonds. The number of nitrogens with zero attached hydrogens (tertiary/aromatic N) is 1. The molecule has 0 unspecified atom stereocenters. The molecule has 1 aromatic rings. The molecule has 1 aliphatic rings. The predicted molar refractivity (Wildman–Crippen MR) is 62.2 cm³/mol. The fraction of sp³-hybridized carbons (Fsp3) is 0.417. The summed E-state index contributed by atoms with van der Waals surface area (Å²) in [7, 11) is 0. The molecular weight excluding hydrogens is 242 g/mol. The van der Waals surface area contributed by atoms with Gasteiger partial charge >= 0.3 is 6.03 Å². The normalized spacial score (nSPS) is 14.4. The first-order valence-electron chi connectivity index (χ1n) is 5.76. The smallest absolute Gasteiger partial charge is 0.322 e. The van der Waals surface area contributed by atoms with Gasteiger partial charge in [-0.15, -0.1) is 0 Å². The number of nitrogens with one attached hydrogen (secondary N) is 1. The van der Waals surface area contributed by atoms with Gasteiger partial charge in [0, 0.05) is 12.6 Å². The monoisotopic (exact) mass is 256 g/mol. The maximum atomic E-state index is 13.4. The largest absolute Gasteiger partial charge is 0.395 e. The van der Waals surface area contributed by atoms with E-state index >= 15 is 0 Å². The van der Waals surface area contributed by atoms with Gasteiger partial charge in [0.05, 0.1) is 12.3 Å². The van der Waals surface area contributed by atoms with Gasteiger partial charge in [0.15, 0.2) is 11.6 Å². The minimum absolute atomic E-state index is 0.0915. The quantitative estimate of drug-likeness (QED) is 0.865. The Bertz CT molecular complexity index is 450. The van der Waals surface area contributed by atoms with E-state index in [1.165, 1.54) is 17.0 Å². The molecule has 1 aromatic carbocycles. The van der Waals surface area contributed by atoms with Gasteiger partial charge in [-0.05, 0) is 25.0 Å². The van der Waals surface area contributed by atoms with Crippen molar-refractivity contribution in [3.8, 4) is 0 Å². The lowest BCUT2D eigenvalue weighted by Gasteiger charge is -2.21. The first-order chi connectivity index (χ1) is 8.63. The van der Waals surface area contributed by atoms with Gasteiger partial charge in [-0.3, -0.25) is 0 Å². The lowest BCUT2D eigenvalue weighted by Crippen LogP contribution is -2.38. The van der Waals surface area contributed by atoms with Gasteiger partial charge in [0.1, 0.15) is 0 Å². The fourth-order valence-electron chi connectivity index (χ4n) is 1.73. The highest BCUT2D eigenvalue weighted by Gasteiger charge is 2.32. The first kappa shape index (κ1) is 12.8. The zero-order chi connectivity index (χ0) is 13.1. The SMILES string of the molecule is O=C(Nc1cccc(F)c1F)N(CCO)C1CC1. The molecule has 0 saturated heterocycles. The number of urea groups is 1. The molecule has 0 radical (unpaired) electrons. The number of hydrogen-bond acceptors (Lipinski definition) is 2. The summed E-state index contributed by atoms with van der Waals surface area (Å²) in [5.74, 6) is -2.08. The van der Waals surface area contributed by atoms with E-state index in [-0.39, 0.29) is 24.9 Å². The van der Waals surface area contributed by atoms with Crippen molar-refractivity contribution >= 4 is 11.7 Å². The summed E-state index contributed by atoms with van der Waals surface area (Å²) in [6.45, 7) is 0.0307. The lowest BCUT2D eigenvalue weighted by molar-refractivity contribution is 0.185. The molecule has 0 bridgehead atoms. The van der Waals surface area contributed by atoms with Crippen LogP contribution in [0.5, 0.6) is 0 Å². The summed E-state index contributed by atoms with van der Waals surface area (Å²) < 4.78 is 26.3. The topological polar surface area (TPSA) is 52.6 Å². The Kier molecular flexibility index (Phi) is 3.76. The fourth-order valence-corrected chi connectivity index (χ4v) is 1.73. The Morgan fingerprint density at radius 3 is 2.78 bits per heavy atom. The van der Waals surface area contributed by atoms with E-state index in [0.29, 0.717) is 0 Å². The van der Waals surface area contributed by atoms with Crippen molar-refractivity contribution in [3.63, 3.8) is 0 Å². The number of aliphatic hydroxyl groups excluding tert-OH is 1. The summed E-state index contributed by atoms with van der Waals surface area (Å²) >= 11 is 0. The van der Waals surface area contributed by atoms with Crippen molar-refractivity contribution in [2.45, 2.75) is 18.9 Å². The Morgan fingerprint density at radius 2 is 2.17 bits per heavy atom. The van der Waals surface area contributed by atoms with Crippen molar-refractivity contribution < 1.29 is 18.7 Å². The van der Waals surface area contributed by atoms with Crippen molar-refractivity contribution in [3.05, 3.63) is 29.8 Å². The van der Waals surface area contributed by atoms with Gasteiger partial charge in [-0.25, -0.2) is 13.6 Å². The molecule has 2 N–H and O–H groups in total. The van der Waals surface area contributed by atoms with Crippen molar-refractivity contribution in [1.29, 1.82) is 0 Å². The third kappa shape index (κ3) is 2.76. The van der Waals surface area contributed by atoms with Crippen LogP contribution in [-0.2, 0) is 0 Å². The Morgan fingerprint density at radius 1 is 1.44 bits per heavy atom. The molecule has 0 atom stereocenters. The summed E-state index contributed by atoms with van der Waals surface area (Å²) in [4.78, 5) is 13.3. The summed E-state index contributed by atoms with van der Waals surface area (Å²) in [5, 5.41) is 11.2. The molecule has 0 spiro atoms. The van der Waals surface area contributed by atoms with Gasteiger partial charge in [-0.2, -0.15) is 0 Å². The predicted octanol–water partition coefficient (Wildman–Crippen LogP) is 1.95. The minimum Gasteiger partial charge on any atom is -0.395 e. The summed E-state index contributed by atoms with van der Waals surface area (Å²) in [6, 6.07) is 3.17. The lowest BCUT2D eigenvalue weighted by atomic mass is 10.3. The molecule has 1 aliphatic carbocycles. The summed E-state index contributed by atoms with van der Waals surface area (Å²) in [6.07, 6.45) is 1.75. The highest BCUT2D eigenvalue weighted by atomic mass is 19.2. The number of halogens is 2. The van der Waals surface area contributed by atoms with Gasteiger partial charge < -0.3 is 15.3 Å². The first-order valence-corrected chi connectivity index (χ1v) is 5.76. The average molecular weight is 256 g/mol. The van der Waals surface area contributed by atoms with E-state index in [9.17, 15) is 13.6 Å². The second-order valence-corrected chi connectivity index (χ2v) is 4.18. The third-order valence-electron chi connectivity index (χ3n) is 2.78. The van der Waals surface area contributed by atoms with Crippen molar-refractivity contribution in [2.75, 3.05) is 18.5 Å². The number of anilines is 1. The minimum atomic E-state index is -1.08. The van der Waals surface area contributed by atoms with Crippen LogP contribution in [0.4, 0.5) is 19.3 Å². The Hall–Kier alpha value is -1.69. The maximum absolute atomic E-state index is 13.4. The number of amides is 2. The molecular formula is C12H14F2N2O2. The van der Waals surface area contributed by atoms with E-state index in [1.807, 2.05) is 0 Å². The van der Waals surface area contributed by atoms with E-state index in [0.717, 1.165) is 18.9 Å². The molecule has 4 nitrogen and oxygen atoms in total. The molecule has 0 aromatic heterocycles. The zero-order valence-corrected chi connectivity index (χ0v) is 9.70. The van der Waals surface area contributed by atoms with Crippen molar-refractivity contribution in [2.24, 2.45) is 0 Å². The van der Waals surface area contributed by atoms with Gasteiger partial charge in [-0.1, -0.05) is 6.07 Å². The van der Waals surface area contributed by atoms with Gasteiger partial charge in [0.25, 0.3) is 0 Å². The van der Waals surface area contributed by atoms with Crippen LogP contribution in [0.25, 0.3) is 0 Å². The third-order valence-corrected chi connectivity index (χ3v) is 2.78. The number of hydrogen-bond donors (Lipinski definition) is 2. The molecule has 1 saturated carbocycles. The average Bonchev–Trinajstić information content (AvgIpc) is 3.16. The molecule has 2 rings (SSSR count). The van der Waals surface area contributed by atoms with Crippen LogP contribution < -0.4 is 5.32 Å². The molecule has 0 aliphatic heterocycles. The summed E-state index contributed by atoms with van der Waals surface area (Å²) in [5.41, 5.74) is -0.191. The van der Waals surface area contributed by atoms with Crippen LogP contribution in [0.3, 0.4) is 0 Å². The molecule has 0 heterocycles. The highest BCUT2D eigenvalue weighted by Crippen LogP contribution is 2.27. The van der Waals surface area contributed by atoms with Crippen LogP contribution in [0, 0.1) is 11.6 Å². The van der Waals surface area contributed by atoms with Crippen LogP contribution in [-0.4, -0.2) is 35.2 Å². The second-order valence-electron chi connectivity index (χ2n) is 4.18. The van der Waals surface area contributed by atoms with Crippen LogP contribution >= 0.6 is 0 Å². The zero-order valence-electron chi connectivity index (χ0n) is 9.70. The van der Waals surface area contributed by atoms with E-state index in [4.69, 9.17) is 5.11 Å². The number of carbonyl (C=O) groups is 1. The maximum Gasteiger partial charge on any atom is 0.322 e. The Labute approximate surface area is 103 Å². The molecule has 98 valence electrons. The standard InChI is InChI=1S/C12H14F2N2O2/c13-9-2-1-3-10(11(9)14)15-12(18)16(6-7-17)8-4-5-8/h1-3,8,17H,4-7H2,(H,15,18). The van der Waals surface area contributed by atoms with Crippen LogP contribution in [0.15, 0.2) is 18.2 Å². The van der Waals surface area contributed by atoms with Gasteiger partial charge in [0.2, 0.25) is 0 Å². The molecule has 18 heavy (non-hydrogen) atoms. The molecule has 6 heteroatoms. The van der Waals surface area contributed by atoms with Crippen LogP contribution in [0.2, 0.25) is 0 Å². The van der Waals surface area contributed by atoms with Crippen molar-refractivity contribution in [1.82, 2.24) is 4.90 Å². The van der Waals surface area contributed by atoms with Crippen LogP contribution in [0.1, 0.15) is 12.8 Å². The number of aliphatic hydroxyl groups is 1. The second kappa shape index (κ2) is 5.30. The molecule has 1 fully saturated rings. The highest BCUT2D eigenvalue weighted by molar-refractivity contribution is 5.89. The van der Waals surface area contributed by atoms with E-state index in [2.05, 4.69) is 5.32 Å². The number of rotatable bonds is 4. The number of carbonyl (C=O) groups excluding carboxylic acids is 1. The van der Waals surface area contributed by atoms with E-state index in [1.54, 1.807) is 0 Å².